The van der Waals surface area contributed by atoms with Crippen LogP contribution in [-0.2, 0) is 11.3 Å². The molecule has 1 aromatic carbocycles. The number of hydrogen-bond acceptors (Lipinski definition) is 7. The number of thiophene rings is 1. The minimum Gasteiger partial charge on any atom is -0.495 e. The van der Waals surface area contributed by atoms with Crippen molar-refractivity contribution in [1.29, 1.82) is 0 Å². The molecule has 0 saturated carbocycles. The topological polar surface area (TPSA) is 72.6 Å². The minimum absolute atomic E-state index is 0.192. The van der Waals surface area contributed by atoms with Gasteiger partial charge >= 0.3 is 0 Å². The molecule has 0 unspecified atom stereocenters. The number of aliphatic imine (C=N–C) groups is 1. The third-order valence-corrected chi connectivity index (χ3v) is 6.10. The Morgan fingerprint density at radius 1 is 1.34 bits per heavy atom. The number of amidine groups is 1. The summed E-state index contributed by atoms with van der Waals surface area (Å²) in [7, 11) is 1.55. The van der Waals surface area contributed by atoms with E-state index in [0.29, 0.717) is 39.6 Å². The molecule has 29 heavy (non-hydrogen) atoms. The van der Waals surface area contributed by atoms with E-state index in [1.54, 1.807) is 58.6 Å². The zero-order valence-electron chi connectivity index (χ0n) is 15.4. The lowest BCUT2D eigenvalue weighted by atomic mass is 10.2. The second-order valence-electron chi connectivity index (χ2n) is 5.91. The van der Waals surface area contributed by atoms with E-state index in [0.717, 1.165) is 4.88 Å². The average molecular weight is 446 g/mol. The molecule has 0 radical (unpaired) electrons. The quantitative estimate of drug-likeness (QED) is 0.532. The summed E-state index contributed by atoms with van der Waals surface area (Å²) in [6.07, 6.45) is 4.95. The fourth-order valence-electron chi connectivity index (χ4n) is 2.70. The van der Waals surface area contributed by atoms with E-state index in [1.807, 2.05) is 17.5 Å². The number of anilines is 1. The van der Waals surface area contributed by atoms with Crippen LogP contribution in [0.15, 0.2) is 59.1 Å². The summed E-state index contributed by atoms with van der Waals surface area (Å²) in [4.78, 5) is 24.2. The van der Waals surface area contributed by atoms with E-state index in [4.69, 9.17) is 16.3 Å². The zero-order chi connectivity index (χ0) is 20.2. The van der Waals surface area contributed by atoms with Gasteiger partial charge in [0.2, 0.25) is 0 Å². The van der Waals surface area contributed by atoms with Gasteiger partial charge in [-0.1, -0.05) is 29.4 Å². The number of aromatic nitrogens is 3. The van der Waals surface area contributed by atoms with Crippen molar-refractivity contribution in [2.24, 2.45) is 4.99 Å². The molecule has 1 aliphatic heterocycles. The first-order valence-electron chi connectivity index (χ1n) is 8.63. The highest BCUT2D eigenvalue weighted by atomic mass is 35.5. The van der Waals surface area contributed by atoms with Crippen molar-refractivity contribution in [1.82, 2.24) is 14.8 Å². The van der Waals surface area contributed by atoms with Gasteiger partial charge in [-0.2, -0.15) is 5.10 Å². The van der Waals surface area contributed by atoms with Gasteiger partial charge in [-0.3, -0.25) is 14.4 Å². The maximum absolute atomic E-state index is 13.1. The number of ether oxygens (including phenoxy) is 1. The minimum atomic E-state index is -0.192. The Kier molecular flexibility index (Phi) is 5.98. The molecule has 0 fully saturated rings. The highest BCUT2D eigenvalue weighted by Gasteiger charge is 2.32. The van der Waals surface area contributed by atoms with Gasteiger partial charge in [0.15, 0.2) is 5.17 Å². The number of aryl methyl sites for hydroxylation is 1. The molecule has 7 nitrogen and oxygen atoms in total. The predicted molar refractivity (Wildman–Crippen MR) is 118 cm³/mol. The number of carbonyl (C=O) groups excluding carboxylic acids is 1. The van der Waals surface area contributed by atoms with Crippen LogP contribution in [0, 0.1) is 0 Å². The first kappa shape index (κ1) is 19.7. The molecule has 3 aromatic rings. The van der Waals surface area contributed by atoms with Crippen LogP contribution < -0.4 is 9.64 Å². The van der Waals surface area contributed by atoms with Gasteiger partial charge in [-0.05, 0) is 35.7 Å². The van der Waals surface area contributed by atoms with E-state index in [1.165, 1.54) is 18.1 Å². The summed E-state index contributed by atoms with van der Waals surface area (Å²) >= 11 is 9.32. The van der Waals surface area contributed by atoms with E-state index >= 15 is 0 Å². The maximum Gasteiger partial charge on any atom is 0.283 e. The standard InChI is InChI=1S/C19H16ClN5O2S2/c1-27-17-5-4-13(9-15(17)20)25-18(26)16(10-14-3-2-7-28-14)23-19(25)29-8-6-24-12-21-11-22-24/h2-5,7,9-12H,6,8H2,1H3. The Morgan fingerprint density at radius 2 is 2.24 bits per heavy atom. The lowest BCUT2D eigenvalue weighted by Crippen LogP contribution is -2.30. The summed E-state index contributed by atoms with van der Waals surface area (Å²) < 4.78 is 6.95. The number of methoxy groups -OCH3 is 1. The molecule has 0 bridgehead atoms. The largest absolute Gasteiger partial charge is 0.495 e. The lowest BCUT2D eigenvalue weighted by Gasteiger charge is -2.18. The van der Waals surface area contributed by atoms with Crippen LogP contribution in [-0.4, -0.2) is 38.7 Å². The smallest absolute Gasteiger partial charge is 0.283 e. The Hall–Kier alpha value is -2.62. The maximum atomic E-state index is 13.1. The van der Waals surface area contributed by atoms with Crippen LogP contribution in [0.3, 0.4) is 0 Å². The molecule has 4 rings (SSSR count). The molecule has 0 atom stereocenters. The van der Waals surface area contributed by atoms with Gasteiger partial charge in [-0.25, -0.2) is 9.98 Å². The number of hydrogen-bond donors (Lipinski definition) is 0. The molecule has 1 amide bonds. The summed E-state index contributed by atoms with van der Waals surface area (Å²) in [5.41, 5.74) is 1.03. The van der Waals surface area contributed by atoms with E-state index in [2.05, 4.69) is 15.1 Å². The van der Waals surface area contributed by atoms with Gasteiger partial charge in [-0.15, -0.1) is 11.3 Å². The van der Waals surface area contributed by atoms with Gasteiger partial charge < -0.3 is 4.74 Å². The third kappa shape index (κ3) is 4.36. The predicted octanol–water partition coefficient (Wildman–Crippen LogP) is 4.18. The average Bonchev–Trinajstić information content (AvgIpc) is 3.46. The SMILES string of the molecule is COc1ccc(N2C(=O)C(=Cc3cccs3)N=C2SCCn2cncn2)cc1Cl. The number of amides is 1. The molecule has 0 saturated heterocycles. The van der Waals surface area contributed by atoms with Gasteiger partial charge in [0.25, 0.3) is 5.91 Å². The first-order chi connectivity index (χ1) is 14.2. The first-order valence-corrected chi connectivity index (χ1v) is 10.9. The van der Waals surface area contributed by atoms with Crippen molar-refractivity contribution in [2.45, 2.75) is 6.54 Å². The van der Waals surface area contributed by atoms with Crippen molar-refractivity contribution in [3.8, 4) is 5.75 Å². The number of halogens is 1. The Bertz CT molecular complexity index is 1060. The summed E-state index contributed by atoms with van der Waals surface area (Å²) in [5, 5.41) is 7.09. The second-order valence-corrected chi connectivity index (χ2v) is 8.35. The second kappa shape index (κ2) is 8.81. The highest BCUT2D eigenvalue weighted by molar-refractivity contribution is 8.14. The summed E-state index contributed by atoms with van der Waals surface area (Å²) in [6, 6.07) is 9.13. The van der Waals surface area contributed by atoms with Gasteiger partial charge in [0, 0.05) is 10.6 Å². The monoisotopic (exact) mass is 445 g/mol. The fourth-order valence-corrected chi connectivity index (χ4v) is 4.55. The van der Waals surface area contributed by atoms with Gasteiger partial charge in [0.1, 0.15) is 24.1 Å². The molecule has 10 heteroatoms. The molecule has 148 valence electrons. The third-order valence-electron chi connectivity index (χ3n) is 4.06. The fraction of sp³-hybridized carbons (Fsp3) is 0.158. The number of carbonyl (C=O) groups is 1. The number of rotatable bonds is 6. The van der Waals surface area contributed by atoms with Crippen LogP contribution >= 0.6 is 34.7 Å². The van der Waals surface area contributed by atoms with Crippen LogP contribution in [0.1, 0.15) is 4.88 Å². The van der Waals surface area contributed by atoms with Crippen molar-refractivity contribution in [3.05, 3.63) is 64.0 Å². The number of nitrogens with zero attached hydrogens (tertiary/aromatic N) is 5. The number of thioether (sulfide) groups is 1. The molecule has 1 aliphatic rings. The van der Waals surface area contributed by atoms with Crippen molar-refractivity contribution >= 4 is 57.5 Å². The molecule has 3 heterocycles. The molecular weight excluding hydrogens is 430 g/mol. The summed E-state index contributed by atoms with van der Waals surface area (Å²) in [6.45, 7) is 0.652. The lowest BCUT2D eigenvalue weighted by molar-refractivity contribution is -0.113. The van der Waals surface area contributed by atoms with Crippen molar-refractivity contribution < 1.29 is 9.53 Å². The highest BCUT2D eigenvalue weighted by Crippen LogP contribution is 2.34. The van der Waals surface area contributed by atoms with Crippen LogP contribution in [0.2, 0.25) is 5.02 Å². The molecule has 0 aliphatic carbocycles. The zero-order valence-corrected chi connectivity index (χ0v) is 17.7. The van der Waals surface area contributed by atoms with Crippen LogP contribution in [0.5, 0.6) is 5.75 Å². The Morgan fingerprint density at radius 3 is 2.93 bits per heavy atom. The summed E-state index contributed by atoms with van der Waals surface area (Å²) in [5.74, 6) is 1.04. The van der Waals surface area contributed by atoms with E-state index in [-0.39, 0.29) is 5.91 Å². The molecule has 2 aromatic heterocycles. The van der Waals surface area contributed by atoms with Gasteiger partial charge in [0.05, 0.1) is 24.4 Å². The van der Waals surface area contributed by atoms with Crippen molar-refractivity contribution in [2.75, 3.05) is 17.8 Å². The van der Waals surface area contributed by atoms with E-state index < -0.39 is 0 Å². The van der Waals surface area contributed by atoms with E-state index in [9.17, 15) is 4.79 Å². The van der Waals surface area contributed by atoms with Crippen LogP contribution in [0.25, 0.3) is 6.08 Å². The van der Waals surface area contributed by atoms with Crippen LogP contribution in [0.4, 0.5) is 5.69 Å². The normalized spacial score (nSPS) is 15.2. The number of benzene rings is 1. The Balaban J connectivity index is 1.62. The van der Waals surface area contributed by atoms with Crippen molar-refractivity contribution in [3.63, 3.8) is 0 Å². The molecule has 0 spiro atoms. The molecular formula is C19H16ClN5O2S2. The molecule has 0 N–H and O–H groups in total. The Labute approximate surface area is 180 Å².